The third-order valence-electron chi connectivity index (χ3n) is 4.97. The maximum atomic E-state index is 12.0. The number of aromatic carboxylic acids is 1. The molecule has 9 nitrogen and oxygen atoms in total. The number of nitrogens with two attached hydrogens (primary N) is 1. The van der Waals surface area contributed by atoms with Crippen molar-refractivity contribution in [2.75, 3.05) is 16.9 Å². The monoisotopic (exact) mass is 448 g/mol. The molecule has 0 radical (unpaired) electrons. The van der Waals surface area contributed by atoms with Crippen molar-refractivity contribution in [1.82, 2.24) is 15.2 Å². The molecule has 30 heavy (non-hydrogen) atoms. The van der Waals surface area contributed by atoms with E-state index in [1.165, 1.54) is 12.3 Å². The zero-order valence-electron chi connectivity index (χ0n) is 15.5. The summed E-state index contributed by atoms with van der Waals surface area (Å²) in [6.45, 7) is 0.424. The number of pyridine rings is 1. The average Bonchev–Trinajstić information content (AvgIpc) is 3.34. The van der Waals surface area contributed by atoms with Gasteiger partial charge in [-0.25, -0.2) is 9.78 Å². The fourth-order valence-corrected chi connectivity index (χ4v) is 4.22. The van der Waals surface area contributed by atoms with E-state index in [2.05, 4.69) is 15.6 Å². The van der Waals surface area contributed by atoms with Gasteiger partial charge in [-0.2, -0.15) is 0 Å². The predicted molar refractivity (Wildman–Crippen MR) is 113 cm³/mol. The first kappa shape index (κ1) is 20.1. The molecule has 156 valence electrons. The zero-order chi connectivity index (χ0) is 21.4. The molecule has 2 unspecified atom stereocenters. The number of fused-ring (bicyclic) bond motifs is 1. The summed E-state index contributed by atoms with van der Waals surface area (Å²) in [5.74, 6) is -1.27. The molecular formula is C19H18Cl2N6O3. The molecule has 2 atom stereocenters. The van der Waals surface area contributed by atoms with E-state index in [-0.39, 0.29) is 12.0 Å². The summed E-state index contributed by atoms with van der Waals surface area (Å²) >= 11 is 12.5. The molecule has 0 aliphatic carbocycles. The van der Waals surface area contributed by atoms with E-state index in [0.29, 0.717) is 33.8 Å². The number of carboxylic acids is 1. The van der Waals surface area contributed by atoms with Crippen molar-refractivity contribution in [2.24, 2.45) is 5.73 Å². The normalized spacial score (nSPS) is 18.0. The Bertz CT molecular complexity index is 1050. The van der Waals surface area contributed by atoms with Gasteiger partial charge in [0.1, 0.15) is 12.3 Å². The van der Waals surface area contributed by atoms with Gasteiger partial charge < -0.3 is 31.3 Å². The van der Waals surface area contributed by atoms with Gasteiger partial charge in [-0.1, -0.05) is 29.3 Å². The van der Waals surface area contributed by atoms with E-state index in [4.69, 9.17) is 28.9 Å². The lowest BCUT2D eigenvalue weighted by molar-refractivity contribution is -0.119. The lowest BCUT2D eigenvalue weighted by atomic mass is 10.1. The Morgan fingerprint density at radius 1 is 1.33 bits per heavy atom. The number of carbonyl (C=O) groups excluding carboxylic acids is 1. The molecule has 4 rings (SSSR count). The molecular weight excluding hydrogens is 431 g/mol. The predicted octanol–water partition coefficient (Wildman–Crippen LogP) is 2.55. The summed E-state index contributed by atoms with van der Waals surface area (Å²) in [7, 11) is 0. The lowest BCUT2D eigenvalue weighted by Gasteiger charge is -2.39. The standard InChI is InChI=1S/C19H18Cl2N6O3/c20-10-1-2-11(13(21)7-10)18-25-17-16(12(19(29)30)3-4-24-17)27(18)15(8-14(22)28)26-6-5-23-9-26/h1-7,15,18,23H,8-9H2,(H2,22,28)(H,24,25)(H,29,30). The maximum absolute atomic E-state index is 12.0. The van der Waals surface area contributed by atoms with Crippen LogP contribution in [-0.4, -0.2) is 39.7 Å². The molecule has 3 heterocycles. The number of anilines is 2. The number of carboxylic acid groups (broad SMARTS) is 1. The molecule has 0 spiro atoms. The number of rotatable bonds is 6. The number of halogens is 2. The Morgan fingerprint density at radius 2 is 2.13 bits per heavy atom. The van der Waals surface area contributed by atoms with Crippen LogP contribution in [0, 0.1) is 0 Å². The fourth-order valence-electron chi connectivity index (χ4n) is 3.71. The first-order chi connectivity index (χ1) is 14.4. The van der Waals surface area contributed by atoms with Gasteiger partial charge in [0.15, 0.2) is 5.82 Å². The number of carbonyl (C=O) groups is 2. The number of hydrogen-bond acceptors (Lipinski definition) is 7. The van der Waals surface area contributed by atoms with Gasteiger partial charge >= 0.3 is 5.97 Å². The largest absolute Gasteiger partial charge is 0.478 e. The van der Waals surface area contributed by atoms with Crippen LogP contribution in [-0.2, 0) is 4.79 Å². The van der Waals surface area contributed by atoms with E-state index in [1.807, 2.05) is 4.90 Å². The molecule has 2 aromatic rings. The van der Waals surface area contributed by atoms with Crippen LogP contribution in [0.2, 0.25) is 10.0 Å². The minimum atomic E-state index is -1.11. The number of aromatic nitrogens is 1. The van der Waals surface area contributed by atoms with Crippen molar-refractivity contribution >= 4 is 46.6 Å². The Kier molecular flexibility index (Phi) is 5.31. The number of hydrogen-bond donors (Lipinski definition) is 4. The number of nitrogens with one attached hydrogen (secondary N) is 2. The summed E-state index contributed by atoms with van der Waals surface area (Å²) in [6, 6.07) is 6.47. The zero-order valence-corrected chi connectivity index (χ0v) is 17.1. The van der Waals surface area contributed by atoms with Gasteiger partial charge in [0.05, 0.1) is 24.3 Å². The van der Waals surface area contributed by atoms with Crippen LogP contribution in [0.4, 0.5) is 11.5 Å². The number of amides is 1. The van der Waals surface area contributed by atoms with Crippen molar-refractivity contribution in [3.63, 3.8) is 0 Å². The van der Waals surface area contributed by atoms with Gasteiger partial charge in [-0.05, 0) is 18.2 Å². The van der Waals surface area contributed by atoms with Crippen molar-refractivity contribution in [2.45, 2.75) is 18.8 Å². The molecule has 0 fully saturated rings. The molecule has 2 aliphatic rings. The van der Waals surface area contributed by atoms with Crippen LogP contribution in [0.1, 0.15) is 28.5 Å². The second-order valence-corrected chi connectivity index (χ2v) is 7.67. The summed E-state index contributed by atoms with van der Waals surface area (Å²) in [5, 5.41) is 16.9. The molecule has 2 aliphatic heterocycles. The van der Waals surface area contributed by atoms with Gasteiger partial charge in [0, 0.05) is 34.2 Å². The summed E-state index contributed by atoms with van der Waals surface area (Å²) in [6.07, 6.45) is 3.69. The first-order valence-electron chi connectivity index (χ1n) is 9.03. The Balaban J connectivity index is 1.89. The lowest BCUT2D eigenvalue weighted by Crippen LogP contribution is -2.50. The Hall–Kier alpha value is -3.17. The quantitative estimate of drug-likeness (QED) is 0.531. The smallest absolute Gasteiger partial charge is 0.338 e. The van der Waals surface area contributed by atoms with Crippen LogP contribution < -0.4 is 21.3 Å². The van der Waals surface area contributed by atoms with E-state index < -0.39 is 24.2 Å². The molecule has 0 bridgehead atoms. The summed E-state index contributed by atoms with van der Waals surface area (Å²) in [4.78, 5) is 31.9. The summed E-state index contributed by atoms with van der Waals surface area (Å²) in [5.41, 5.74) is 6.60. The maximum Gasteiger partial charge on any atom is 0.338 e. The molecule has 1 amide bonds. The van der Waals surface area contributed by atoms with Gasteiger partial charge in [0.25, 0.3) is 0 Å². The van der Waals surface area contributed by atoms with E-state index in [9.17, 15) is 14.7 Å². The number of nitrogens with zero attached hydrogens (tertiary/aromatic N) is 3. The second-order valence-electron chi connectivity index (χ2n) is 6.82. The highest BCUT2D eigenvalue weighted by Gasteiger charge is 2.42. The molecule has 11 heteroatoms. The SMILES string of the molecule is NC(=O)CC(N1C=CNC1)N1c2c(C(=O)O)ccnc2NC1c1ccc(Cl)cc1Cl. The summed E-state index contributed by atoms with van der Waals surface area (Å²) < 4.78 is 0. The highest BCUT2D eigenvalue weighted by Crippen LogP contribution is 2.46. The molecule has 5 N–H and O–H groups in total. The molecule has 1 aromatic heterocycles. The van der Waals surface area contributed by atoms with Crippen LogP contribution in [0.5, 0.6) is 0 Å². The minimum Gasteiger partial charge on any atom is -0.478 e. The first-order valence-corrected chi connectivity index (χ1v) is 9.78. The van der Waals surface area contributed by atoms with Crippen LogP contribution >= 0.6 is 23.2 Å². The second kappa shape index (κ2) is 7.92. The topological polar surface area (TPSA) is 124 Å². The number of benzene rings is 1. The Morgan fingerprint density at radius 3 is 2.77 bits per heavy atom. The van der Waals surface area contributed by atoms with Crippen LogP contribution in [0.25, 0.3) is 0 Å². The average molecular weight is 449 g/mol. The van der Waals surface area contributed by atoms with Crippen LogP contribution in [0.3, 0.4) is 0 Å². The fraction of sp³-hybridized carbons (Fsp3) is 0.211. The van der Waals surface area contributed by atoms with Gasteiger partial charge in [-0.15, -0.1) is 0 Å². The van der Waals surface area contributed by atoms with Gasteiger partial charge in [0.2, 0.25) is 5.91 Å². The van der Waals surface area contributed by atoms with E-state index in [1.54, 1.807) is 35.5 Å². The van der Waals surface area contributed by atoms with E-state index in [0.717, 1.165) is 0 Å². The molecule has 0 saturated carbocycles. The highest BCUT2D eigenvalue weighted by atomic mass is 35.5. The third kappa shape index (κ3) is 3.57. The minimum absolute atomic E-state index is 0.0469. The Labute approximate surface area is 182 Å². The third-order valence-corrected chi connectivity index (χ3v) is 5.53. The van der Waals surface area contributed by atoms with Crippen molar-refractivity contribution in [1.29, 1.82) is 0 Å². The van der Waals surface area contributed by atoms with Crippen molar-refractivity contribution in [3.05, 3.63) is 64.0 Å². The number of primary amides is 1. The van der Waals surface area contributed by atoms with Crippen molar-refractivity contribution < 1.29 is 14.7 Å². The highest BCUT2D eigenvalue weighted by molar-refractivity contribution is 6.35. The van der Waals surface area contributed by atoms with Gasteiger partial charge in [-0.3, -0.25) is 4.79 Å². The molecule has 1 aromatic carbocycles. The van der Waals surface area contributed by atoms with Crippen molar-refractivity contribution in [3.8, 4) is 0 Å². The van der Waals surface area contributed by atoms with Crippen LogP contribution in [0.15, 0.2) is 42.9 Å². The molecule has 0 saturated heterocycles. The van der Waals surface area contributed by atoms with E-state index >= 15 is 0 Å².